The predicted octanol–water partition coefficient (Wildman–Crippen LogP) is 2.23. The first-order chi connectivity index (χ1) is 7.15. The van der Waals surface area contributed by atoms with E-state index in [4.69, 9.17) is 5.73 Å². The van der Waals surface area contributed by atoms with E-state index in [0.29, 0.717) is 12.1 Å². The van der Waals surface area contributed by atoms with Crippen molar-refractivity contribution in [3.05, 3.63) is 0 Å². The van der Waals surface area contributed by atoms with E-state index >= 15 is 0 Å². The molecule has 2 saturated carbocycles. The van der Waals surface area contributed by atoms with Gasteiger partial charge >= 0.3 is 0 Å². The Labute approximate surface area is 94.2 Å². The van der Waals surface area contributed by atoms with Gasteiger partial charge in [-0.05, 0) is 57.8 Å². The van der Waals surface area contributed by atoms with Gasteiger partial charge in [0.1, 0.15) is 0 Å². The molecule has 0 radical (unpaired) electrons. The summed E-state index contributed by atoms with van der Waals surface area (Å²) in [5.41, 5.74) is 5.97. The summed E-state index contributed by atoms with van der Waals surface area (Å²) in [6.45, 7) is 7.29. The van der Waals surface area contributed by atoms with E-state index in [1.54, 1.807) is 0 Å². The highest BCUT2D eigenvalue weighted by molar-refractivity contribution is 4.84. The second-order valence-corrected chi connectivity index (χ2v) is 5.93. The fourth-order valence-electron chi connectivity index (χ4n) is 2.74. The number of nitrogens with zero attached hydrogens (tertiary/aromatic N) is 1. The van der Waals surface area contributed by atoms with E-state index < -0.39 is 0 Å². The molecule has 0 aromatic rings. The smallest absolute Gasteiger partial charge is 0.00420 e. The first-order valence-corrected chi connectivity index (χ1v) is 6.64. The Morgan fingerprint density at radius 1 is 1.07 bits per heavy atom. The first kappa shape index (κ1) is 11.4. The SMILES string of the molecule is CC(C)N(CC1CC1)CC1CCC(N)C1. The molecule has 0 amide bonds. The number of hydrogen-bond acceptors (Lipinski definition) is 2. The largest absolute Gasteiger partial charge is 0.328 e. The second kappa shape index (κ2) is 4.84. The Balaban J connectivity index is 1.77. The standard InChI is InChI=1S/C13H26N2/c1-10(2)15(8-11-3-4-11)9-12-5-6-13(14)7-12/h10-13H,3-9,14H2,1-2H3. The van der Waals surface area contributed by atoms with Gasteiger partial charge in [-0.15, -0.1) is 0 Å². The minimum atomic E-state index is 0.491. The first-order valence-electron chi connectivity index (χ1n) is 6.64. The molecule has 0 aromatic carbocycles. The molecule has 0 heterocycles. The van der Waals surface area contributed by atoms with E-state index in [9.17, 15) is 0 Å². The van der Waals surface area contributed by atoms with Gasteiger partial charge in [0.15, 0.2) is 0 Å². The van der Waals surface area contributed by atoms with Gasteiger partial charge in [-0.3, -0.25) is 0 Å². The average Bonchev–Trinajstić information content (AvgIpc) is 2.89. The molecule has 0 saturated heterocycles. The topological polar surface area (TPSA) is 29.3 Å². The lowest BCUT2D eigenvalue weighted by Crippen LogP contribution is -2.36. The van der Waals surface area contributed by atoms with E-state index in [-0.39, 0.29) is 0 Å². The quantitative estimate of drug-likeness (QED) is 0.754. The van der Waals surface area contributed by atoms with Crippen LogP contribution in [-0.4, -0.2) is 30.1 Å². The monoisotopic (exact) mass is 210 g/mol. The average molecular weight is 210 g/mol. The van der Waals surface area contributed by atoms with Crippen LogP contribution in [-0.2, 0) is 0 Å². The summed E-state index contributed by atoms with van der Waals surface area (Å²) in [6, 6.07) is 1.20. The maximum absolute atomic E-state index is 5.97. The summed E-state index contributed by atoms with van der Waals surface area (Å²) < 4.78 is 0. The van der Waals surface area contributed by atoms with Crippen LogP contribution in [0.5, 0.6) is 0 Å². The maximum atomic E-state index is 5.97. The summed E-state index contributed by atoms with van der Waals surface area (Å²) in [4.78, 5) is 2.68. The molecule has 15 heavy (non-hydrogen) atoms. The predicted molar refractivity (Wildman–Crippen MR) is 64.7 cm³/mol. The number of hydrogen-bond donors (Lipinski definition) is 1. The van der Waals surface area contributed by atoms with Crippen LogP contribution in [0.4, 0.5) is 0 Å². The van der Waals surface area contributed by atoms with Crippen LogP contribution in [0.2, 0.25) is 0 Å². The fraction of sp³-hybridized carbons (Fsp3) is 1.00. The number of rotatable bonds is 5. The van der Waals surface area contributed by atoms with Gasteiger partial charge in [0, 0.05) is 25.2 Å². The summed E-state index contributed by atoms with van der Waals surface area (Å²) in [7, 11) is 0. The Morgan fingerprint density at radius 2 is 1.67 bits per heavy atom. The molecule has 2 atom stereocenters. The van der Waals surface area contributed by atoms with Crippen molar-refractivity contribution < 1.29 is 0 Å². The highest BCUT2D eigenvalue weighted by atomic mass is 15.2. The lowest BCUT2D eigenvalue weighted by atomic mass is 10.1. The maximum Gasteiger partial charge on any atom is 0.00420 e. The molecule has 2 aliphatic carbocycles. The Hall–Kier alpha value is -0.0800. The highest BCUT2D eigenvalue weighted by Crippen LogP contribution is 2.32. The van der Waals surface area contributed by atoms with Crippen LogP contribution in [0.3, 0.4) is 0 Å². The molecule has 2 fully saturated rings. The van der Waals surface area contributed by atoms with E-state index in [2.05, 4.69) is 18.7 Å². The zero-order valence-electron chi connectivity index (χ0n) is 10.3. The van der Waals surface area contributed by atoms with Crippen LogP contribution in [0.15, 0.2) is 0 Å². The van der Waals surface area contributed by atoms with E-state index in [1.165, 1.54) is 45.2 Å². The van der Waals surface area contributed by atoms with Crippen molar-refractivity contribution >= 4 is 0 Å². The van der Waals surface area contributed by atoms with Crippen molar-refractivity contribution in [1.82, 2.24) is 4.90 Å². The van der Waals surface area contributed by atoms with Gasteiger partial charge in [0.05, 0.1) is 0 Å². The number of nitrogens with two attached hydrogens (primary N) is 1. The zero-order valence-corrected chi connectivity index (χ0v) is 10.3. The normalized spacial score (nSPS) is 31.8. The van der Waals surface area contributed by atoms with E-state index in [0.717, 1.165) is 11.8 Å². The summed E-state index contributed by atoms with van der Waals surface area (Å²) in [5, 5.41) is 0. The van der Waals surface area contributed by atoms with Crippen molar-refractivity contribution in [2.24, 2.45) is 17.6 Å². The van der Waals surface area contributed by atoms with Gasteiger partial charge in [-0.1, -0.05) is 0 Å². The Kier molecular flexibility index (Phi) is 3.68. The summed E-state index contributed by atoms with van der Waals surface area (Å²) in [6.07, 6.45) is 6.80. The third kappa shape index (κ3) is 3.46. The zero-order chi connectivity index (χ0) is 10.8. The van der Waals surface area contributed by atoms with Crippen LogP contribution in [0.1, 0.15) is 46.0 Å². The molecule has 2 nitrogen and oxygen atoms in total. The van der Waals surface area contributed by atoms with Gasteiger partial charge < -0.3 is 10.6 Å². The molecule has 2 N–H and O–H groups in total. The lowest BCUT2D eigenvalue weighted by Gasteiger charge is -2.29. The molecule has 2 heteroatoms. The molecule has 0 bridgehead atoms. The van der Waals surface area contributed by atoms with Gasteiger partial charge in [0.2, 0.25) is 0 Å². The van der Waals surface area contributed by atoms with Crippen LogP contribution in [0, 0.1) is 11.8 Å². The van der Waals surface area contributed by atoms with Crippen molar-refractivity contribution in [1.29, 1.82) is 0 Å². The van der Waals surface area contributed by atoms with Crippen LogP contribution in [0.25, 0.3) is 0 Å². The molecular formula is C13H26N2. The Morgan fingerprint density at radius 3 is 2.13 bits per heavy atom. The lowest BCUT2D eigenvalue weighted by molar-refractivity contribution is 0.180. The van der Waals surface area contributed by atoms with Crippen molar-refractivity contribution in [3.8, 4) is 0 Å². The minimum Gasteiger partial charge on any atom is -0.328 e. The van der Waals surface area contributed by atoms with Gasteiger partial charge in [-0.25, -0.2) is 0 Å². The molecule has 88 valence electrons. The van der Waals surface area contributed by atoms with Crippen molar-refractivity contribution in [3.63, 3.8) is 0 Å². The third-order valence-electron chi connectivity index (χ3n) is 3.99. The van der Waals surface area contributed by atoms with Crippen LogP contribution >= 0.6 is 0 Å². The second-order valence-electron chi connectivity index (χ2n) is 5.93. The minimum absolute atomic E-state index is 0.491. The molecule has 2 aliphatic rings. The molecular weight excluding hydrogens is 184 g/mol. The molecule has 0 aromatic heterocycles. The molecule has 2 unspecified atom stereocenters. The fourth-order valence-corrected chi connectivity index (χ4v) is 2.74. The van der Waals surface area contributed by atoms with Gasteiger partial charge in [0.25, 0.3) is 0 Å². The van der Waals surface area contributed by atoms with Crippen molar-refractivity contribution in [2.75, 3.05) is 13.1 Å². The van der Waals surface area contributed by atoms with Crippen molar-refractivity contribution in [2.45, 2.75) is 58.0 Å². The third-order valence-corrected chi connectivity index (χ3v) is 3.99. The molecule has 0 aliphatic heterocycles. The highest BCUT2D eigenvalue weighted by Gasteiger charge is 2.29. The molecule has 2 rings (SSSR count). The summed E-state index contributed by atoms with van der Waals surface area (Å²) in [5.74, 6) is 1.89. The van der Waals surface area contributed by atoms with Crippen LogP contribution < -0.4 is 5.73 Å². The van der Waals surface area contributed by atoms with E-state index in [1.807, 2.05) is 0 Å². The summed E-state index contributed by atoms with van der Waals surface area (Å²) >= 11 is 0. The van der Waals surface area contributed by atoms with Gasteiger partial charge in [-0.2, -0.15) is 0 Å². The molecule has 0 spiro atoms. The Bertz CT molecular complexity index is 199.